The Morgan fingerprint density at radius 2 is 1.96 bits per heavy atom. The lowest BCUT2D eigenvalue weighted by Gasteiger charge is -2.07. The highest BCUT2D eigenvalue weighted by Gasteiger charge is 2.04. The van der Waals surface area contributed by atoms with Gasteiger partial charge in [0.05, 0.1) is 10.2 Å². The summed E-state index contributed by atoms with van der Waals surface area (Å²) >= 11 is 1.58. The number of aromatic nitrogens is 2. The van der Waals surface area contributed by atoms with Gasteiger partial charge in [-0.15, -0.1) is 0 Å². The molecule has 0 fully saturated rings. The number of nitrogens with zero attached hydrogens (tertiary/aromatic N) is 2. The maximum atomic E-state index is 11.8. The van der Waals surface area contributed by atoms with Crippen LogP contribution in [0.25, 0.3) is 10.2 Å². The molecular weight excluding hydrogens is 312 g/mol. The molecule has 1 amide bonds. The molecule has 0 saturated heterocycles. The summed E-state index contributed by atoms with van der Waals surface area (Å²) in [6.07, 6.45) is 1.60. The molecule has 0 aliphatic heterocycles. The van der Waals surface area contributed by atoms with Crippen molar-refractivity contribution in [2.24, 2.45) is 0 Å². The Labute approximate surface area is 136 Å². The first kappa shape index (κ1) is 15.2. The summed E-state index contributed by atoms with van der Waals surface area (Å²) in [4.78, 5) is 27.8. The molecule has 6 nitrogen and oxygen atoms in total. The molecule has 2 aromatic heterocycles. The van der Waals surface area contributed by atoms with E-state index in [-0.39, 0.29) is 18.0 Å². The maximum absolute atomic E-state index is 11.8. The molecule has 0 unspecified atom stereocenters. The van der Waals surface area contributed by atoms with E-state index in [9.17, 15) is 9.59 Å². The predicted molar refractivity (Wildman–Crippen MR) is 91.8 cm³/mol. The summed E-state index contributed by atoms with van der Waals surface area (Å²) in [5, 5.41) is 6.80. The molecule has 2 heterocycles. The van der Waals surface area contributed by atoms with Crippen LogP contribution in [-0.2, 0) is 11.3 Å². The SMILES string of the molecule is O=C(Cn1ccccc1=O)NCCNc1nc2ccccc2s1. The molecule has 3 aromatic rings. The Bertz CT molecular complexity index is 838. The van der Waals surface area contributed by atoms with Crippen molar-refractivity contribution < 1.29 is 4.79 Å². The fraction of sp³-hybridized carbons (Fsp3) is 0.188. The van der Waals surface area contributed by atoms with Gasteiger partial charge in [0, 0.05) is 25.4 Å². The zero-order chi connectivity index (χ0) is 16.1. The van der Waals surface area contributed by atoms with E-state index in [1.54, 1.807) is 29.7 Å². The van der Waals surface area contributed by atoms with Crippen LogP contribution in [0.15, 0.2) is 53.5 Å². The first-order valence-electron chi connectivity index (χ1n) is 7.24. The minimum Gasteiger partial charge on any atom is -0.360 e. The van der Waals surface area contributed by atoms with Crippen molar-refractivity contribution in [3.8, 4) is 0 Å². The second-order valence-corrected chi connectivity index (χ2v) is 5.96. The summed E-state index contributed by atoms with van der Waals surface area (Å²) in [7, 11) is 0. The van der Waals surface area contributed by atoms with Crippen molar-refractivity contribution in [3.05, 3.63) is 59.0 Å². The molecule has 0 atom stereocenters. The van der Waals surface area contributed by atoms with Crippen LogP contribution in [0.4, 0.5) is 5.13 Å². The number of carbonyl (C=O) groups is 1. The highest BCUT2D eigenvalue weighted by molar-refractivity contribution is 7.22. The number of hydrogen-bond donors (Lipinski definition) is 2. The lowest BCUT2D eigenvalue weighted by molar-refractivity contribution is -0.121. The normalized spacial score (nSPS) is 10.6. The molecule has 1 aromatic carbocycles. The highest BCUT2D eigenvalue weighted by Crippen LogP contribution is 2.24. The fourth-order valence-corrected chi connectivity index (χ4v) is 3.01. The quantitative estimate of drug-likeness (QED) is 0.675. The van der Waals surface area contributed by atoms with Crippen LogP contribution in [0.2, 0.25) is 0 Å². The van der Waals surface area contributed by atoms with Crippen molar-refractivity contribution in [1.82, 2.24) is 14.9 Å². The van der Waals surface area contributed by atoms with Gasteiger partial charge >= 0.3 is 0 Å². The minimum atomic E-state index is -0.190. The standard InChI is InChI=1S/C16H16N4O2S/c21-14(11-20-10-4-3-7-15(20)22)17-8-9-18-16-19-12-5-1-2-6-13(12)23-16/h1-7,10H,8-9,11H2,(H,17,21)(H,18,19). The number of benzene rings is 1. The third kappa shape index (κ3) is 3.95. The minimum absolute atomic E-state index is 0.0286. The van der Waals surface area contributed by atoms with Crippen molar-refractivity contribution >= 4 is 32.6 Å². The average molecular weight is 328 g/mol. The van der Waals surface area contributed by atoms with Crippen LogP contribution in [0.1, 0.15) is 0 Å². The van der Waals surface area contributed by atoms with Gasteiger partial charge in [0.2, 0.25) is 5.91 Å². The first-order valence-corrected chi connectivity index (χ1v) is 8.05. The van der Waals surface area contributed by atoms with Crippen molar-refractivity contribution in [1.29, 1.82) is 0 Å². The summed E-state index contributed by atoms with van der Waals surface area (Å²) in [5.74, 6) is -0.190. The fourth-order valence-electron chi connectivity index (χ4n) is 2.12. The summed E-state index contributed by atoms with van der Waals surface area (Å²) in [6, 6.07) is 12.7. The largest absolute Gasteiger partial charge is 0.360 e. The van der Waals surface area contributed by atoms with Gasteiger partial charge in [-0.25, -0.2) is 4.98 Å². The second-order valence-electron chi connectivity index (χ2n) is 4.93. The number of thiazole rings is 1. The molecule has 23 heavy (non-hydrogen) atoms. The topological polar surface area (TPSA) is 76.0 Å². The Morgan fingerprint density at radius 1 is 1.13 bits per heavy atom. The van der Waals surface area contributed by atoms with E-state index in [0.29, 0.717) is 13.1 Å². The van der Waals surface area contributed by atoms with Gasteiger partial charge in [0.15, 0.2) is 5.13 Å². The molecule has 2 N–H and O–H groups in total. The van der Waals surface area contributed by atoms with Gasteiger partial charge in [0.1, 0.15) is 6.54 Å². The smallest absolute Gasteiger partial charge is 0.250 e. The summed E-state index contributed by atoms with van der Waals surface area (Å²) in [5.41, 5.74) is 0.780. The summed E-state index contributed by atoms with van der Waals surface area (Å²) < 4.78 is 2.50. The zero-order valence-electron chi connectivity index (χ0n) is 12.4. The monoisotopic (exact) mass is 328 g/mol. The van der Waals surface area contributed by atoms with Crippen LogP contribution in [0.3, 0.4) is 0 Å². The number of nitrogens with one attached hydrogen (secondary N) is 2. The Kier molecular flexibility index (Phi) is 4.68. The van der Waals surface area contributed by atoms with E-state index in [1.807, 2.05) is 24.3 Å². The van der Waals surface area contributed by atoms with Crippen LogP contribution >= 0.6 is 11.3 Å². The van der Waals surface area contributed by atoms with Gasteiger partial charge in [-0.3, -0.25) is 9.59 Å². The Morgan fingerprint density at radius 3 is 2.78 bits per heavy atom. The van der Waals surface area contributed by atoms with E-state index < -0.39 is 0 Å². The van der Waals surface area contributed by atoms with Crippen LogP contribution in [-0.4, -0.2) is 28.5 Å². The van der Waals surface area contributed by atoms with Gasteiger partial charge in [-0.05, 0) is 18.2 Å². The third-order valence-electron chi connectivity index (χ3n) is 3.23. The van der Waals surface area contributed by atoms with E-state index in [1.165, 1.54) is 10.6 Å². The van der Waals surface area contributed by atoms with Gasteiger partial charge in [0.25, 0.3) is 5.56 Å². The Hall–Kier alpha value is -2.67. The van der Waals surface area contributed by atoms with E-state index in [2.05, 4.69) is 15.6 Å². The van der Waals surface area contributed by atoms with Gasteiger partial charge in [-0.1, -0.05) is 29.5 Å². The summed E-state index contributed by atoms with van der Waals surface area (Å²) in [6.45, 7) is 1.08. The predicted octanol–water partition coefficient (Wildman–Crippen LogP) is 1.69. The second kappa shape index (κ2) is 7.06. The van der Waals surface area contributed by atoms with E-state index in [0.717, 1.165) is 15.3 Å². The van der Waals surface area contributed by atoms with E-state index >= 15 is 0 Å². The molecule has 0 bridgehead atoms. The van der Waals surface area contributed by atoms with Crippen LogP contribution in [0.5, 0.6) is 0 Å². The lowest BCUT2D eigenvalue weighted by Crippen LogP contribution is -2.34. The number of rotatable bonds is 6. The number of carbonyl (C=O) groups excluding carboxylic acids is 1. The molecule has 3 rings (SSSR count). The molecule has 0 radical (unpaired) electrons. The number of pyridine rings is 1. The molecule has 0 aliphatic rings. The molecule has 118 valence electrons. The molecular formula is C16H16N4O2S. The highest BCUT2D eigenvalue weighted by atomic mass is 32.1. The number of para-hydroxylation sites is 1. The molecule has 0 saturated carbocycles. The molecule has 0 spiro atoms. The molecule has 0 aliphatic carbocycles. The Balaban J connectivity index is 1.45. The van der Waals surface area contributed by atoms with Crippen LogP contribution in [0, 0.1) is 0 Å². The zero-order valence-corrected chi connectivity index (χ0v) is 13.2. The van der Waals surface area contributed by atoms with Crippen molar-refractivity contribution in [3.63, 3.8) is 0 Å². The number of fused-ring (bicyclic) bond motifs is 1. The van der Waals surface area contributed by atoms with Crippen molar-refractivity contribution in [2.45, 2.75) is 6.54 Å². The number of amides is 1. The average Bonchev–Trinajstić information content (AvgIpc) is 2.96. The van der Waals surface area contributed by atoms with Crippen molar-refractivity contribution in [2.75, 3.05) is 18.4 Å². The van der Waals surface area contributed by atoms with Crippen LogP contribution < -0.4 is 16.2 Å². The van der Waals surface area contributed by atoms with Gasteiger partial charge < -0.3 is 15.2 Å². The third-order valence-corrected chi connectivity index (χ3v) is 4.22. The first-order chi connectivity index (χ1) is 11.2. The maximum Gasteiger partial charge on any atom is 0.250 e. The molecule has 7 heteroatoms. The number of anilines is 1. The van der Waals surface area contributed by atoms with Gasteiger partial charge in [-0.2, -0.15) is 0 Å². The number of hydrogen-bond acceptors (Lipinski definition) is 5. The lowest BCUT2D eigenvalue weighted by atomic mass is 10.3. The van der Waals surface area contributed by atoms with E-state index in [4.69, 9.17) is 0 Å².